The maximum Gasteiger partial charge on any atom is 0.303 e. The largest absolute Gasteiger partial charge is 0.455 e. The van der Waals surface area contributed by atoms with Gasteiger partial charge in [0.2, 0.25) is 0 Å². The molecule has 35 heavy (non-hydrogen) atoms. The molecule has 0 unspecified atom stereocenters. The predicted octanol–water partition coefficient (Wildman–Crippen LogP) is 4.15. The van der Waals surface area contributed by atoms with E-state index in [2.05, 4.69) is 27.7 Å². The van der Waals surface area contributed by atoms with Crippen molar-refractivity contribution in [3.05, 3.63) is 11.6 Å². The van der Waals surface area contributed by atoms with E-state index in [-0.39, 0.29) is 24.4 Å². The molecule has 1 aliphatic heterocycles. The molecule has 10 atom stereocenters. The third-order valence-corrected chi connectivity index (χ3v) is 11.1. The van der Waals surface area contributed by atoms with Gasteiger partial charge in [-0.05, 0) is 72.8 Å². The highest BCUT2D eigenvalue weighted by molar-refractivity contribution is 5.67. The molecule has 6 nitrogen and oxygen atoms in total. The number of hydrogen-bond acceptors (Lipinski definition) is 6. The number of hydrogen-bond donors (Lipinski definition) is 3. The van der Waals surface area contributed by atoms with Gasteiger partial charge in [0.1, 0.15) is 17.3 Å². The maximum atomic E-state index is 12.6. The van der Waals surface area contributed by atoms with Crippen molar-refractivity contribution in [2.45, 2.75) is 122 Å². The fourth-order valence-corrected chi connectivity index (χ4v) is 9.41. The Morgan fingerprint density at radius 2 is 1.91 bits per heavy atom. The van der Waals surface area contributed by atoms with Crippen LogP contribution in [0.5, 0.6) is 0 Å². The third kappa shape index (κ3) is 3.45. The summed E-state index contributed by atoms with van der Waals surface area (Å²) in [5.74, 6) is 1.58. The second-order valence-electron chi connectivity index (χ2n) is 13.4. The minimum atomic E-state index is -1.56. The summed E-state index contributed by atoms with van der Waals surface area (Å²) in [6, 6.07) is 0. The first-order chi connectivity index (χ1) is 16.4. The van der Waals surface area contributed by atoms with Crippen LogP contribution in [0, 0.1) is 34.5 Å². The van der Waals surface area contributed by atoms with Gasteiger partial charge in [-0.25, -0.2) is 0 Å². The zero-order valence-corrected chi connectivity index (χ0v) is 22.3. The molecular weight excluding hydrogens is 444 g/mol. The molecule has 0 radical (unpaired) electrons. The quantitative estimate of drug-likeness (QED) is 0.382. The molecule has 0 bridgehead atoms. The summed E-state index contributed by atoms with van der Waals surface area (Å²) in [6.45, 7) is 10.9. The Hall–Kier alpha value is -0.950. The Labute approximate surface area is 210 Å². The van der Waals surface area contributed by atoms with E-state index in [9.17, 15) is 20.1 Å². The normalized spacial score (nSPS) is 49.2. The molecule has 6 heteroatoms. The van der Waals surface area contributed by atoms with Crippen LogP contribution >= 0.6 is 0 Å². The van der Waals surface area contributed by atoms with Crippen LogP contribution < -0.4 is 0 Å². The van der Waals surface area contributed by atoms with Gasteiger partial charge in [0.25, 0.3) is 0 Å². The first-order valence-corrected chi connectivity index (χ1v) is 14.0. The molecule has 1 spiro atoms. The molecular formula is C29H46O6. The van der Waals surface area contributed by atoms with Gasteiger partial charge < -0.3 is 24.8 Å². The molecule has 5 rings (SSSR count). The SMILES string of the molecule is CC(=O)O[C@H]1C=C2[C@@H]3CC[C@H]([C@H](C)CCCC(C)C)[C@@]3(C)C[C@@H]3OC[C@@]4(CC[C@H](O)C[C@]14O)[C@]23O. The summed E-state index contributed by atoms with van der Waals surface area (Å²) in [7, 11) is 0. The van der Waals surface area contributed by atoms with Gasteiger partial charge in [0.05, 0.1) is 24.2 Å². The van der Waals surface area contributed by atoms with Gasteiger partial charge in [-0.15, -0.1) is 0 Å². The predicted molar refractivity (Wildman–Crippen MR) is 132 cm³/mol. The number of aliphatic hydroxyl groups is 3. The lowest BCUT2D eigenvalue weighted by Gasteiger charge is -2.64. The average Bonchev–Trinajstić information content (AvgIpc) is 3.24. The molecule has 4 aliphatic carbocycles. The topological polar surface area (TPSA) is 96.2 Å². The van der Waals surface area contributed by atoms with E-state index < -0.39 is 40.9 Å². The number of aliphatic hydroxyl groups excluding tert-OH is 1. The zero-order chi connectivity index (χ0) is 25.4. The van der Waals surface area contributed by atoms with Gasteiger partial charge in [0.15, 0.2) is 0 Å². The summed E-state index contributed by atoms with van der Waals surface area (Å²) in [4.78, 5) is 12.1. The zero-order valence-electron chi connectivity index (χ0n) is 22.3. The molecule has 5 aliphatic rings. The Morgan fingerprint density at radius 1 is 1.17 bits per heavy atom. The van der Waals surface area contributed by atoms with Crippen LogP contribution in [-0.4, -0.2) is 57.4 Å². The van der Waals surface area contributed by atoms with Crippen molar-refractivity contribution in [1.82, 2.24) is 0 Å². The second kappa shape index (κ2) is 8.54. The maximum absolute atomic E-state index is 12.6. The first-order valence-electron chi connectivity index (χ1n) is 14.0. The van der Waals surface area contributed by atoms with Crippen LogP contribution in [0.2, 0.25) is 0 Å². The third-order valence-electron chi connectivity index (χ3n) is 11.1. The minimum absolute atomic E-state index is 0.00405. The van der Waals surface area contributed by atoms with Crippen LogP contribution in [-0.2, 0) is 14.3 Å². The Balaban J connectivity index is 1.54. The van der Waals surface area contributed by atoms with Crippen molar-refractivity contribution in [1.29, 1.82) is 0 Å². The molecule has 1 saturated heterocycles. The van der Waals surface area contributed by atoms with Crippen LogP contribution in [0.3, 0.4) is 0 Å². The Kier molecular flexibility index (Phi) is 6.27. The average molecular weight is 491 g/mol. The lowest BCUT2D eigenvalue weighted by atomic mass is 9.43. The van der Waals surface area contributed by atoms with E-state index in [0.29, 0.717) is 24.7 Å². The van der Waals surface area contributed by atoms with Crippen molar-refractivity contribution in [2.24, 2.45) is 34.5 Å². The number of fused-ring (bicyclic) bond motifs is 2. The smallest absolute Gasteiger partial charge is 0.303 e. The van der Waals surface area contributed by atoms with E-state index in [1.807, 2.05) is 6.08 Å². The number of rotatable bonds is 6. The molecule has 0 aromatic heterocycles. The van der Waals surface area contributed by atoms with Crippen molar-refractivity contribution in [3.8, 4) is 0 Å². The van der Waals surface area contributed by atoms with Gasteiger partial charge in [-0.2, -0.15) is 0 Å². The van der Waals surface area contributed by atoms with E-state index in [4.69, 9.17) is 9.47 Å². The van der Waals surface area contributed by atoms with E-state index >= 15 is 0 Å². The van der Waals surface area contributed by atoms with E-state index in [0.717, 1.165) is 30.8 Å². The highest BCUT2D eigenvalue weighted by Crippen LogP contribution is 2.72. The summed E-state index contributed by atoms with van der Waals surface area (Å²) in [5.41, 5.74) is -2.90. The number of carbonyl (C=O) groups excluding carboxylic acids is 1. The monoisotopic (exact) mass is 490 g/mol. The van der Waals surface area contributed by atoms with Crippen molar-refractivity contribution in [3.63, 3.8) is 0 Å². The molecule has 4 fully saturated rings. The van der Waals surface area contributed by atoms with Gasteiger partial charge in [0, 0.05) is 13.3 Å². The number of ether oxygens (including phenoxy) is 2. The first kappa shape index (κ1) is 25.7. The number of carbonyl (C=O) groups is 1. The van der Waals surface area contributed by atoms with Crippen molar-refractivity contribution >= 4 is 5.97 Å². The van der Waals surface area contributed by atoms with Gasteiger partial charge in [-0.3, -0.25) is 4.79 Å². The summed E-state index contributed by atoms with van der Waals surface area (Å²) in [6.07, 6.45) is 7.54. The molecule has 198 valence electrons. The molecule has 0 aromatic rings. The molecule has 1 heterocycles. The lowest BCUT2D eigenvalue weighted by Crippen LogP contribution is -2.75. The molecule has 0 aromatic carbocycles. The van der Waals surface area contributed by atoms with Gasteiger partial charge in [-0.1, -0.05) is 47.0 Å². The van der Waals surface area contributed by atoms with Crippen LogP contribution in [0.4, 0.5) is 0 Å². The summed E-state index contributed by atoms with van der Waals surface area (Å²) in [5, 5.41) is 35.2. The molecule has 3 N–H and O–H groups in total. The van der Waals surface area contributed by atoms with Crippen molar-refractivity contribution < 1.29 is 29.6 Å². The highest BCUT2D eigenvalue weighted by Gasteiger charge is 2.79. The van der Waals surface area contributed by atoms with Crippen LogP contribution in [0.15, 0.2) is 11.6 Å². The standard InChI is InChI=1S/C29H46O6/c1-17(2)7-6-8-18(3)21-9-10-22-23-13-24(35-19(4)30)28(32)14-20(31)11-12-27(28)16-34-25(29(23,27)33)15-26(21,22)5/h13,17-18,20-22,24-25,31-33H,6-12,14-16H2,1-5H3/t18-,20+,21-,22+,24+,25+,26-,27-,28+,29+/m1/s1. The minimum Gasteiger partial charge on any atom is -0.455 e. The van der Waals surface area contributed by atoms with E-state index in [1.54, 1.807) is 0 Å². The van der Waals surface area contributed by atoms with Gasteiger partial charge >= 0.3 is 5.97 Å². The fourth-order valence-electron chi connectivity index (χ4n) is 9.41. The summed E-state index contributed by atoms with van der Waals surface area (Å²) < 4.78 is 12.2. The Bertz CT molecular complexity index is 884. The summed E-state index contributed by atoms with van der Waals surface area (Å²) >= 11 is 0. The highest BCUT2D eigenvalue weighted by atomic mass is 16.6. The molecule has 0 amide bonds. The Morgan fingerprint density at radius 3 is 2.60 bits per heavy atom. The fraction of sp³-hybridized carbons (Fsp3) is 0.897. The van der Waals surface area contributed by atoms with Crippen LogP contribution in [0.1, 0.15) is 92.4 Å². The lowest BCUT2D eigenvalue weighted by molar-refractivity contribution is -0.254. The second-order valence-corrected chi connectivity index (χ2v) is 13.4. The van der Waals surface area contributed by atoms with Crippen molar-refractivity contribution in [2.75, 3.05) is 6.61 Å². The molecule has 3 saturated carbocycles. The number of esters is 1. The van der Waals surface area contributed by atoms with E-state index in [1.165, 1.54) is 26.2 Å². The van der Waals surface area contributed by atoms with Crippen LogP contribution in [0.25, 0.3) is 0 Å².